The van der Waals surface area contributed by atoms with Gasteiger partial charge in [-0.25, -0.2) is 0 Å². The van der Waals surface area contributed by atoms with Gasteiger partial charge >= 0.3 is 0 Å². The van der Waals surface area contributed by atoms with Crippen molar-refractivity contribution in [3.05, 3.63) is 23.3 Å². The Morgan fingerprint density at radius 2 is 1.93 bits per heavy atom. The Kier molecular flexibility index (Phi) is 4.43. The van der Waals surface area contributed by atoms with Crippen LogP contribution >= 0.6 is 0 Å². The van der Waals surface area contributed by atoms with Crippen molar-refractivity contribution in [3.63, 3.8) is 0 Å². The first-order chi connectivity index (χ1) is 7.22. The number of aliphatic hydroxyl groups is 1. The molecule has 0 radical (unpaired) electrons. The third-order valence-corrected chi connectivity index (χ3v) is 2.45. The zero-order valence-electron chi connectivity index (χ0n) is 9.54. The first-order valence-corrected chi connectivity index (χ1v) is 5.05. The van der Waals surface area contributed by atoms with Gasteiger partial charge in [-0.2, -0.15) is 0 Å². The van der Waals surface area contributed by atoms with Crippen LogP contribution in [0.2, 0.25) is 0 Å². The first kappa shape index (κ1) is 11.9. The third-order valence-electron chi connectivity index (χ3n) is 2.45. The second kappa shape index (κ2) is 5.61. The molecular weight excluding hydrogens is 192 g/mol. The van der Waals surface area contributed by atoms with Crippen molar-refractivity contribution in [1.82, 2.24) is 0 Å². The van der Waals surface area contributed by atoms with Gasteiger partial charge < -0.3 is 14.6 Å². The summed E-state index contributed by atoms with van der Waals surface area (Å²) in [5, 5.41) is 8.82. The van der Waals surface area contributed by atoms with Crippen LogP contribution < -0.4 is 9.47 Å². The minimum absolute atomic E-state index is 0.203. The molecule has 0 amide bonds. The molecule has 1 aromatic rings. The van der Waals surface area contributed by atoms with Crippen LogP contribution in [0.4, 0.5) is 0 Å². The number of aryl methyl sites for hydroxylation is 1. The lowest BCUT2D eigenvalue weighted by Gasteiger charge is -2.13. The summed E-state index contributed by atoms with van der Waals surface area (Å²) in [6.07, 6.45) is 1.58. The van der Waals surface area contributed by atoms with Crippen LogP contribution in [-0.4, -0.2) is 25.9 Å². The van der Waals surface area contributed by atoms with Crippen molar-refractivity contribution in [1.29, 1.82) is 0 Å². The maximum Gasteiger partial charge on any atom is 0.126 e. The maximum atomic E-state index is 8.82. The van der Waals surface area contributed by atoms with Gasteiger partial charge in [-0.3, -0.25) is 0 Å². The average molecular weight is 210 g/mol. The SMILES string of the molecule is COc1cc(C)c(CCCO)c(OC)c1. The molecule has 15 heavy (non-hydrogen) atoms. The lowest BCUT2D eigenvalue weighted by atomic mass is 10.0. The summed E-state index contributed by atoms with van der Waals surface area (Å²) in [5.74, 6) is 1.64. The zero-order valence-corrected chi connectivity index (χ0v) is 9.54. The molecule has 84 valence electrons. The zero-order chi connectivity index (χ0) is 11.3. The molecule has 3 heteroatoms. The fraction of sp³-hybridized carbons (Fsp3) is 0.500. The van der Waals surface area contributed by atoms with Gasteiger partial charge in [-0.05, 0) is 37.0 Å². The second-order valence-electron chi connectivity index (χ2n) is 3.45. The summed E-state index contributed by atoms with van der Waals surface area (Å²) >= 11 is 0. The highest BCUT2D eigenvalue weighted by atomic mass is 16.5. The van der Waals surface area contributed by atoms with Crippen LogP contribution in [0.1, 0.15) is 17.5 Å². The van der Waals surface area contributed by atoms with Gasteiger partial charge in [0, 0.05) is 12.7 Å². The Balaban J connectivity index is 3.01. The summed E-state index contributed by atoms with van der Waals surface area (Å²) in [7, 11) is 3.29. The smallest absolute Gasteiger partial charge is 0.126 e. The number of aliphatic hydroxyl groups excluding tert-OH is 1. The van der Waals surface area contributed by atoms with E-state index in [1.807, 2.05) is 19.1 Å². The lowest BCUT2D eigenvalue weighted by molar-refractivity contribution is 0.287. The number of methoxy groups -OCH3 is 2. The molecule has 0 unspecified atom stereocenters. The molecule has 1 rings (SSSR count). The highest BCUT2D eigenvalue weighted by Crippen LogP contribution is 2.29. The van der Waals surface area contributed by atoms with Crippen LogP contribution in [0.5, 0.6) is 11.5 Å². The predicted molar refractivity (Wildman–Crippen MR) is 59.7 cm³/mol. The Morgan fingerprint density at radius 3 is 2.47 bits per heavy atom. The third kappa shape index (κ3) is 2.86. The summed E-state index contributed by atoms with van der Waals surface area (Å²) in [5.41, 5.74) is 2.28. The molecule has 0 aliphatic heterocycles. The number of rotatable bonds is 5. The van der Waals surface area contributed by atoms with E-state index in [1.54, 1.807) is 14.2 Å². The van der Waals surface area contributed by atoms with E-state index < -0.39 is 0 Å². The second-order valence-corrected chi connectivity index (χ2v) is 3.45. The molecular formula is C12H18O3. The van der Waals surface area contributed by atoms with Crippen molar-refractivity contribution < 1.29 is 14.6 Å². The van der Waals surface area contributed by atoms with Crippen molar-refractivity contribution >= 4 is 0 Å². The van der Waals surface area contributed by atoms with Crippen LogP contribution in [0, 0.1) is 6.92 Å². The molecule has 0 atom stereocenters. The van der Waals surface area contributed by atoms with Gasteiger partial charge in [0.25, 0.3) is 0 Å². The number of benzene rings is 1. The molecule has 0 heterocycles. The number of hydrogen-bond donors (Lipinski definition) is 1. The Hall–Kier alpha value is -1.22. The lowest BCUT2D eigenvalue weighted by Crippen LogP contribution is -1.98. The predicted octanol–water partition coefficient (Wildman–Crippen LogP) is 1.94. The van der Waals surface area contributed by atoms with Gasteiger partial charge in [0.1, 0.15) is 11.5 Å². The monoisotopic (exact) mass is 210 g/mol. The Bertz CT molecular complexity index is 321. The number of ether oxygens (including phenoxy) is 2. The van der Waals surface area contributed by atoms with Crippen molar-refractivity contribution in [2.45, 2.75) is 19.8 Å². The van der Waals surface area contributed by atoms with Crippen molar-refractivity contribution in [2.24, 2.45) is 0 Å². The Labute approximate surface area is 90.6 Å². The maximum absolute atomic E-state index is 8.82. The van der Waals surface area contributed by atoms with Gasteiger partial charge in [0.15, 0.2) is 0 Å². The van der Waals surface area contributed by atoms with E-state index in [4.69, 9.17) is 14.6 Å². The molecule has 0 aliphatic rings. The highest BCUT2D eigenvalue weighted by Gasteiger charge is 2.08. The molecule has 0 saturated carbocycles. The molecule has 1 N–H and O–H groups in total. The van der Waals surface area contributed by atoms with E-state index in [1.165, 1.54) is 0 Å². The van der Waals surface area contributed by atoms with Gasteiger partial charge in [0.05, 0.1) is 14.2 Å². The topological polar surface area (TPSA) is 38.7 Å². The Morgan fingerprint density at radius 1 is 1.20 bits per heavy atom. The van der Waals surface area contributed by atoms with Gasteiger partial charge in [-0.15, -0.1) is 0 Å². The van der Waals surface area contributed by atoms with Crippen molar-refractivity contribution in [2.75, 3.05) is 20.8 Å². The fourth-order valence-electron chi connectivity index (χ4n) is 1.63. The van der Waals surface area contributed by atoms with Crippen LogP contribution in [0.3, 0.4) is 0 Å². The van der Waals surface area contributed by atoms with Gasteiger partial charge in [0.2, 0.25) is 0 Å². The highest BCUT2D eigenvalue weighted by molar-refractivity contribution is 5.46. The molecule has 3 nitrogen and oxygen atoms in total. The first-order valence-electron chi connectivity index (χ1n) is 5.05. The summed E-state index contributed by atoms with van der Waals surface area (Å²) in [6.45, 7) is 2.23. The standard InChI is InChI=1S/C12H18O3/c1-9-7-10(14-2)8-12(15-3)11(9)5-4-6-13/h7-8,13H,4-6H2,1-3H3. The summed E-state index contributed by atoms with van der Waals surface area (Å²) in [4.78, 5) is 0. The van der Waals surface area contributed by atoms with Crippen molar-refractivity contribution in [3.8, 4) is 11.5 Å². The largest absolute Gasteiger partial charge is 0.497 e. The fourth-order valence-corrected chi connectivity index (χ4v) is 1.63. The average Bonchev–Trinajstić information content (AvgIpc) is 2.26. The number of hydrogen-bond acceptors (Lipinski definition) is 3. The normalized spacial score (nSPS) is 10.1. The molecule has 0 fully saturated rings. The van der Waals surface area contributed by atoms with Crippen LogP contribution in [-0.2, 0) is 6.42 Å². The minimum Gasteiger partial charge on any atom is -0.497 e. The molecule has 1 aromatic carbocycles. The molecule has 0 aromatic heterocycles. The molecule has 0 spiro atoms. The van der Waals surface area contributed by atoms with Gasteiger partial charge in [-0.1, -0.05) is 0 Å². The summed E-state index contributed by atoms with van der Waals surface area (Å²) < 4.78 is 10.5. The quantitative estimate of drug-likeness (QED) is 0.807. The minimum atomic E-state index is 0.203. The van der Waals surface area contributed by atoms with E-state index in [-0.39, 0.29) is 6.61 Å². The molecule has 0 aliphatic carbocycles. The van der Waals surface area contributed by atoms with E-state index in [2.05, 4.69) is 0 Å². The van der Waals surface area contributed by atoms with E-state index in [0.717, 1.165) is 35.5 Å². The molecule has 0 saturated heterocycles. The van der Waals surface area contributed by atoms with E-state index in [0.29, 0.717) is 0 Å². The molecule has 0 bridgehead atoms. The van der Waals surface area contributed by atoms with Crippen LogP contribution in [0.15, 0.2) is 12.1 Å². The van der Waals surface area contributed by atoms with E-state index >= 15 is 0 Å². The summed E-state index contributed by atoms with van der Waals surface area (Å²) in [6, 6.07) is 3.86. The van der Waals surface area contributed by atoms with Crippen LogP contribution in [0.25, 0.3) is 0 Å². The van der Waals surface area contributed by atoms with E-state index in [9.17, 15) is 0 Å².